The predicted molar refractivity (Wildman–Crippen MR) is 109 cm³/mol. The summed E-state index contributed by atoms with van der Waals surface area (Å²) in [7, 11) is 0. The van der Waals surface area contributed by atoms with Crippen molar-refractivity contribution in [1.82, 2.24) is 20.3 Å². The minimum Gasteiger partial charge on any atom is -0.478 e. The number of carboxylic acid groups (broad SMARTS) is 2. The summed E-state index contributed by atoms with van der Waals surface area (Å²) in [6.45, 7) is 0.888. The fourth-order valence-electron chi connectivity index (χ4n) is 3.34. The molecule has 3 unspecified atom stereocenters. The number of nitrogens with one attached hydrogen (secondary N) is 1. The summed E-state index contributed by atoms with van der Waals surface area (Å²) in [6.07, 6.45) is -3.87. The Morgan fingerprint density at radius 1 is 1.15 bits per heavy atom. The number of carboxylic acids is 2. The van der Waals surface area contributed by atoms with Gasteiger partial charge in [-0.2, -0.15) is 0 Å². The van der Waals surface area contributed by atoms with Gasteiger partial charge >= 0.3 is 11.9 Å². The molecular weight excluding hydrogens is 440 g/mol. The molecule has 0 fully saturated rings. The molecular formula is C20H22N4O9. The molecule has 33 heavy (non-hydrogen) atoms. The third-order valence-electron chi connectivity index (χ3n) is 4.96. The second-order valence-corrected chi connectivity index (χ2v) is 7.40. The highest BCUT2D eigenvalue weighted by Gasteiger charge is 2.43. The predicted octanol–water partition coefficient (Wildman–Crippen LogP) is -1.40. The molecule has 1 amide bonds. The van der Waals surface area contributed by atoms with Gasteiger partial charge in [0.2, 0.25) is 11.7 Å². The molecule has 2 heterocycles. The Hall–Kier alpha value is -3.81. The third kappa shape index (κ3) is 5.52. The van der Waals surface area contributed by atoms with Gasteiger partial charge in [0, 0.05) is 12.5 Å². The van der Waals surface area contributed by atoms with Crippen LogP contribution in [0.2, 0.25) is 0 Å². The average molecular weight is 462 g/mol. The first-order valence-electron chi connectivity index (χ1n) is 9.73. The lowest BCUT2D eigenvalue weighted by Crippen LogP contribution is -2.59. The maximum Gasteiger partial charge on any atom is 0.370 e. The number of nitrogens with zero attached hydrogens (tertiary/aromatic N) is 3. The summed E-state index contributed by atoms with van der Waals surface area (Å²) >= 11 is 0. The van der Waals surface area contributed by atoms with E-state index in [4.69, 9.17) is 14.9 Å². The molecule has 13 nitrogen and oxygen atoms in total. The zero-order valence-corrected chi connectivity index (χ0v) is 17.3. The van der Waals surface area contributed by atoms with Gasteiger partial charge in [-0.1, -0.05) is 17.3 Å². The smallest absolute Gasteiger partial charge is 0.370 e. The van der Waals surface area contributed by atoms with Gasteiger partial charge in [0.15, 0.2) is 6.10 Å². The number of aliphatic hydroxyl groups excluding tert-OH is 3. The van der Waals surface area contributed by atoms with Crippen molar-refractivity contribution in [3.63, 3.8) is 0 Å². The van der Waals surface area contributed by atoms with E-state index in [0.717, 1.165) is 6.08 Å². The van der Waals surface area contributed by atoms with E-state index in [9.17, 15) is 29.7 Å². The SMILES string of the molecule is CC(=O)N[C@H]1C(C(O)C(O)Cn2cc(-c3ccc(C(=O)O)cc3)nn2)OC(C(=O)O)=C[C@H]1O. The fraction of sp³-hybridized carbons (Fsp3) is 0.350. The first-order chi connectivity index (χ1) is 15.6. The highest BCUT2D eigenvalue weighted by Crippen LogP contribution is 2.24. The van der Waals surface area contributed by atoms with Crippen LogP contribution in [0.3, 0.4) is 0 Å². The highest BCUT2D eigenvalue weighted by atomic mass is 16.5. The topological polar surface area (TPSA) is 204 Å². The number of aliphatic carboxylic acids is 1. The van der Waals surface area contributed by atoms with Gasteiger partial charge in [-0.25, -0.2) is 14.3 Å². The summed E-state index contributed by atoms with van der Waals surface area (Å²) in [5.41, 5.74) is 1.05. The molecule has 13 heteroatoms. The molecule has 0 saturated heterocycles. The van der Waals surface area contributed by atoms with E-state index in [-0.39, 0.29) is 12.1 Å². The van der Waals surface area contributed by atoms with Crippen molar-refractivity contribution in [2.24, 2.45) is 0 Å². The zero-order valence-electron chi connectivity index (χ0n) is 17.3. The molecule has 0 spiro atoms. The maximum atomic E-state index is 11.5. The van der Waals surface area contributed by atoms with Crippen LogP contribution >= 0.6 is 0 Å². The molecule has 6 N–H and O–H groups in total. The van der Waals surface area contributed by atoms with E-state index < -0.39 is 54.1 Å². The minimum atomic E-state index is -1.72. The van der Waals surface area contributed by atoms with Crippen LogP contribution in [0, 0.1) is 0 Å². The Balaban J connectivity index is 1.74. The van der Waals surface area contributed by atoms with Gasteiger partial charge in [-0.3, -0.25) is 4.79 Å². The average Bonchev–Trinajstić information content (AvgIpc) is 3.22. The molecule has 0 saturated carbocycles. The van der Waals surface area contributed by atoms with E-state index in [1.54, 1.807) is 0 Å². The fourth-order valence-corrected chi connectivity index (χ4v) is 3.34. The first kappa shape index (κ1) is 23.8. The molecule has 1 aliphatic heterocycles. The lowest BCUT2D eigenvalue weighted by Gasteiger charge is -2.38. The van der Waals surface area contributed by atoms with Crippen molar-refractivity contribution in [1.29, 1.82) is 0 Å². The number of carbonyl (C=O) groups excluding carboxylic acids is 1. The van der Waals surface area contributed by atoms with E-state index in [1.807, 2.05) is 0 Å². The Labute approximate surface area is 186 Å². The van der Waals surface area contributed by atoms with E-state index in [2.05, 4.69) is 15.6 Å². The molecule has 1 aromatic carbocycles. The van der Waals surface area contributed by atoms with Crippen LogP contribution in [-0.4, -0.2) is 88.8 Å². The maximum absolute atomic E-state index is 11.5. The lowest BCUT2D eigenvalue weighted by molar-refractivity contribution is -0.148. The summed E-state index contributed by atoms with van der Waals surface area (Å²) < 4.78 is 6.46. The van der Waals surface area contributed by atoms with Crippen molar-refractivity contribution in [2.45, 2.75) is 43.9 Å². The first-order valence-corrected chi connectivity index (χ1v) is 9.73. The van der Waals surface area contributed by atoms with Crippen LogP contribution in [0.15, 0.2) is 42.3 Å². The number of amides is 1. The molecule has 0 aliphatic carbocycles. The number of carbonyl (C=O) groups is 3. The van der Waals surface area contributed by atoms with E-state index >= 15 is 0 Å². The second-order valence-electron chi connectivity index (χ2n) is 7.40. The number of hydrogen-bond donors (Lipinski definition) is 6. The Morgan fingerprint density at radius 2 is 1.82 bits per heavy atom. The summed E-state index contributed by atoms with van der Waals surface area (Å²) in [5.74, 6) is -3.75. The molecule has 0 bridgehead atoms. The van der Waals surface area contributed by atoms with Gasteiger partial charge in [0.25, 0.3) is 0 Å². The summed E-state index contributed by atoms with van der Waals surface area (Å²) in [5, 5.41) is 59.7. The number of aromatic nitrogens is 3. The lowest BCUT2D eigenvalue weighted by atomic mass is 9.93. The molecule has 0 radical (unpaired) electrons. The number of rotatable bonds is 8. The molecule has 176 valence electrons. The molecule has 5 atom stereocenters. The quantitative estimate of drug-likeness (QED) is 0.269. The summed E-state index contributed by atoms with van der Waals surface area (Å²) in [6, 6.07) is 4.67. The Kier molecular flexibility index (Phi) is 7.06. The van der Waals surface area contributed by atoms with Crippen LogP contribution in [0.5, 0.6) is 0 Å². The largest absolute Gasteiger partial charge is 0.478 e. The van der Waals surface area contributed by atoms with E-state index in [1.165, 1.54) is 42.1 Å². The normalized spacial score (nSPS) is 21.9. The molecule has 1 aromatic heterocycles. The standard InChI is InChI=1S/C20H22N4O9/c1-9(25)21-16-13(26)6-15(20(31)32)33-18(16)17(28)14(27)8-24-7-12(22-23-24)10-2-4-11(5-3-10)19(29)30/h2-7,13-14,16-18,26-28H,8H2,1H3,(H,21,25)(H,29,30)(H,31,32)/t13-,14?,16-,17?,18?/m1/s1. The van der Waals surface area contributed by atoms with Gasteiger partial charge in [0.1, 0.15) is 24.0 Å². The van der Waals surface area contributed by atoms with Gasteiger partial charge in [0.05, 0.1) is 24.3 Å². The van der Waals surface area contributed by atoms with Crippen molar-refractivity contribution < 1.29 is 44.7 Å². The van der Waals surface area contributed by atoms with Gasteiger partial charge in [-0.05, 0) is 18.2 Å². The number of aromatic carboxylic acids is 1. The Bertz CT molecular complexity index is 1070. The van der Waals surface area contributed by atoms with Crippen LogP contribution in [0.25, 0.3) is 11.3 Å². The van der Waals surface area contributed by atoms with Gasteiger partial charge in [-0.15, -0.1) is 5.10 Å². The number of aliphatic hydroxyl groups is 3. The van der Waals surface area contributed by atoms with Crippen LogP contribution in [0.1, 0.15) is 17.3 Å². The van der Waals surface area contributed by atoms with Crippen LogP contribution in [-0.2, 0) is 20.9 Å². The minimum absolute atomic E-state index is 0.0999. The zero-order chi connectivity index (χ0) is 24.3. The van der Waals surface area contributed by atoms with Crippen molar-refractivity contribution in [3.05, 3.63) is 47.9 Å². The van der Waals surface area contributed by atoms with Gasteiger partial charge < -0.3 is 35.6 Å². The molecule has 3 rings (SSSR count). The monoisotopic (exact) mass is 462 g/mol. The van der Waals surface area contributed by atoms with Crippen LogP contribution < -0.4 is 5.32 Å². The third-order valence-corrected chi connectivity index (χ3v) is 4.96. The molecule has 2 aromatic rings. The van der Waals surface area contributed by atoms with Crippen molar-refractivity contribution >= 4 is 17.8 Å². The molecule has 1 aliphatic rings. The number of ether oxygens (including phenoxy) is 1. The number of hydrogen-bond acceptors (Lipinski definition) is 9. The Morgan fingerprint density at radius 3 is 2.39 bits per heavy atom. The number of benzene rings is 1. The van der Waals surface area contributed by atoms with Crippen molar-refractivity contribution in [2.75, 3.05) is 0 Å². The van der Waals surface area contributed by atoms with Crippen LogP contribution in [0.4, 0.5) is 0 Å². The van der Waals surface area contributed by atoms with E-state index in [0.29, 0.717) is 11.3 Å². The second kappa shape index (κ2) is 9.77. The van der Waals surface area contributed by atoms with Crippen molar-refractivity contribution in [3.8, 4) is 11.3 Å². The summed E-state index contributed by atoms with van der Waals surface area (Å²) in [4.78, 5) is 33.7. The highest BCUT2D eigenvalue weighted by molar-refractivity contribution is 5.88.